The van der Waals surface area contributed by atoms with Crippen LogP contribution in [0.25, 0.3) is 0 Å². The topological polar surface area (TPSA) is 69.6 Å². The van der Waals surface area contributed by atoms with Gasteiger partial charge in [0.05, 0.1) is 11.5 Å². The summed E-state index contributed by atoms with van der Waals surface area (Å²) in [5, 5.41) is 0. The Kier molecular flexibility index (Phi) is 5.48. The monoisotopic (exact) mass is 367 g/mol. The van der Waals surface area contributed by atoms with E-state index in [0.29, 0.717) is 17.4 Å². The summed E-state index contributed by atoms with van der Waals surface area (Å²) >= 11 is 0. The highest BCUT2D eigenvalue weighted by Gasteiger charge is 2.27. The Morgan fingerprint density at radius 1 is 1.12 bits per heavy atom. The molecule has 1 aromatic heterocycles. The Morgan fingerprint density at radius 2 is 1.76 bits per heavy atom. The second-order valence-corrected chi connectivity index (χ2v) is 9.75. The van der Waals surface area contributed by atoms with Crippen molar-refractivity contribution in [1.29, 1.82) is 0 Å². The van der Waals surface area contributed by atoms with Gasteiger partial charge >= 0.3 is 0 Å². The average Bonchev–Trinajstić information content (AvgIpc) is 2.57. The molecule has 3 rings (SSSR count). The van der Waals surface area contributed by atoms with Gasteiger partial charge < -0.3 is 9.80 Å². The van der Waals surface area contributed by atoms with Gasteiger partial charge in [0.25, 0.3) is 0 Å². The van der Waals surface area contributed by atoms with E-state index in [9.17, 15) is 8.42 Å². The maximum absolute atomic E-state index is 11.6. The molecule has 0 unspecified atom stereocenters. The summed E-state index contributed by atoms with van der Waals surface area (Å²) in [6.07, 6.45) is 1.63. The van der Waals surface area contributed by atoms with E-state index in [0.717, 1.165) is 63.0 Å². The first-order chi connectivity index (χ1) is 11.8. The number of anilines is 2. The molecule has 0 spiro atoms. The predicted molar refractivity (Wildman–Crippen MR) is 101 cm³/mol. The van der Waals surface area contributed by atoms with E-state index >= 15 is 0 Å². The van der Waals surface area contributed by atoms with E-state index in [1.807, 2.05) is 32.0 Å². The highest BCUT2D eigenvalue weighted by molar-refractivity contribution is 7.91. The predicted octanol–water partition coefficient (Wildman–Crippen LogP) is 0.798. The summed E-state index contributed by atoms with van der Waals surface area (Å²) in [6, 6.07) is 2.00. The smallest absolute Gasteiger partial charge is 0.227 e. The quantitative estimate of drug-likeness (QED) is 0.779. The minimum absolute atomic E-state index is 0.363. The molecule has 2 aliphatic heterocycles. The molecule has 25 heavy (non-hydrogen) atoms. The van der Waals surface area contributed by atoms with Crippen LogP contribution in [0.1, 0.15) is 18.5 Å². The number of rotatable bonds is 4. The van der Waals surface area contributed by atoms with Gasteiger partial charge in [-0.3, -0.25) is 4.90 Å². The molecule has 0 N–H and O–H groups in total. The van der Waals surface area contributed by atoms with Crippen molar-refractivity contribution < 1.29 is 8.42 Å². The average molecular weight is 368 g/mol. The van der Waals surface area contributed by atoms with E-state index in [1.165, 1.54) is 0 Å². The molecule has 140 valence electrons. The van der Waals surface area contributed by atoms with Crippen LogP contribution in [0, 0.1) is 12.8 Å². The number of hydrogen-bond donors (Lipinski definition) is 0. The second-order valence-electron chi connectivity index (χ2n) is 7.44. The summed E-state index contributed by atoms with van der Waals surface area (Å²) in [5.41, 5.74) is 0.986. The standard InChI is InChI=1S/C17H29N5O2S/c1-14-12-16(20(2)3)19-17(18-14)22-8-6-21(7-9-22)13-15-4-10-25(23,24)11-5-15/h12,15H,4-11,13H2,1-3H3. The van der Waals surface area contributed by atoms with Gasteiger partial charge in [-0.2, -0.15) is 4.98 Å². The van der Waals surface area contributed by atoms with E-state index < -0.39 is 9.84 Å². The molecule has 0 saturated carbocycles. The van der Waals surface area contributed by atoms with Crippen molar-refractivity contribution in [2.75, 3.05) is 68.1 Å². The zero-order valence-corrected chi connectivity index (χ0v) is 16.3. The molecule has 0 radical (unpaired) electrons. The number of sulfone groups is 1. The summed E-state index contributed by atoms with van der Waals surface area (Å²) in [5.74, 6) is 3.00. The summed E-state index contributed by atoms with van der Waals surface area (Å²) in [7, 11) is 1.22. The normalized spacial score (nSPS) is 22.1. The third-order valence-corrected chi connectivity index (χ3v) is 6.85. The summed E-state index contributed by atoms with van der Waals surface area (Å²) < 4.78 is 23.1. The first-order valence-corrected chi connectivity index (χ1v) is 10.9. The Labute approximate surface area is 151 Å². The van der Waals surface area contributed by atoms with Gasteiger partial charge in [-0.15, -0.1) is 0 Å². The molecular formula is C17H29N5O2S. The summed E-state index contributed by atoms with van der Waals surface area (Å²) in [4.78, 5) is 16.0. The molecule has 1 aromatic rings. The third kappa shape index (κ3) is 4.82. The molecule has 7 nitrogen and oxygen atoms in total. The number of nitrogens with zero attached hydrogens (tertiary/aromatic N) is 5. The zero-order valence-electron chi connectivity index (χ0n) is 15.5. The van der Waals surface area contributed by atoms with Crippen molar-refractivity contribution in [2.45, 2.75) is 19.8 Å². The maximum atomic E-state index is 11.6. The molecule has 2 fully saturated rings. The highest BCUT2D eigenvalue weighted by Crippen LogP contribution is 2.22. The number of piperazine rings is 1. The maximum Gasteiger partial charge on any atom is 0.227 e. The molecule has 0 atom stereocenters. The van der Waals surface area contributed by atoms with Gasteiger partial charge in [-0.1, -0.05) is 0 Å². The molecule has 8 heteroatoms. The highest BCUT2D eigenvalue weighted by atomic mass is 32.2. The van der Waals surface area contributed by atoms with E-state index in [-0.39, 0.29) is 0 Å². The first-order valence-electron chi connectivity index (χ1n) is 9.03. The van der Waals surface area contributed by atoms with Gasteiger partial charge in [0.1, 0.15) is 15.7 Å². The van der Waals surface area contributed by atoms with Crippen LogP contribution in [0.4, 0.5) is 11.8 Å². The molecule has 3 heterocycles. The van der Waals surface area contributed by atoms with Crippen LogP contribution in [0.5, 0.6) is 0 Å². The number of aromatic nitrogens is 2. The van der Waals surface area contributed by atoms with Crippen LogP contribution in [0.15, 0.2) is 6.07 Å². The lowest BCUT2D eigenvalue weighted by Crippen LogP contribution is -2.49. The Hall–Kier alpha value is -1.41. The van der Waals surface area contributed by atoms with Gasteiger partial charge in [-0.05, 0) is 25.7 Å². The number of aryl methyl sites for hydroxylation is 1. The van der Waals surface area contributed by atoms with Crippen LogP contribution < -0.4 is 9.80 Å². The van der Waals surface area contributed by atoms with Crippen molar-refractivity contribution in [2.24, 2.45) is 5.92 Å². The van der Waals surface area contributed by atoms with Crippen LogP contribution in [-0.4, -0.2) is 81.6 Å². The Bertz CT molecular complexity index is 685. The van der Waals surface area contributed by atoms with E-state index in [2.05, 4.69) is 19.8 Å². The van der Waals surface area contributed by atoms with Crippen LogP contribution >= 0.6 is 0 Å². The Morgan fingerprint density at radius 3 is 2.36 bits per heavy atom. The van der Waals surface area contributed by atoms with Gasteiger partial charge in [0.2, 0.25) is 5.95 Å². The minimum Gasteiger partial charge on any atom is -0.363 e. The molecule has 0 aliphatic carbocycles. The third-order valence-electron chi connectivity index (χ3n) is 5.13. The van der Waals surface area contributed by atoms with Crippen molar-refractivity contribution in [3.05, 3.63) is 11.8 Å². The fraction of sp³-hybridized carbons (Fsp3) is 0.765. The largest absolute Gasteiger partial charge is 0.363 e. The molecule has 0 aromatic carbocycles. The van der Waals surface area contributed by atoms with Crippen molar-refractivity contribution in [3.63, 3.8) is 0 Å². The second kappa shape index (κ2) is 7.45. The van der Waals surface area contributed by atoms with Crippen LogP contribution in [0.2, 0.25) is 0 Å². The minimum atomic E-state index is -2.76. The Balaban J connectivity index is 1.54. The lowest BCUT2D eigenvalue weighted by Gasteiger charge is -2.37. The molecule has 2 aliphatic rings. The van der Waals surface area contributed by atoms with Gasteiger partial charge in [0, 0.05) is 58.6 Å². The van der Waals surface area contributed by atoms with Crippen LogP contribution in [-0.2, 0) is 9.84 Å². The number of hydrogen-bond acceptors (Lipinski definition) is 7. The molecule has 0 bridgehead atoms. The fourth-order valence-electron chi connectivity index (χ4n) is 3.52. The SMILES string of the molecule is Cc1cc(N(C)C)nc(N2CCN(CC3CCS(=O)(=O)CC3)CC2)n1. The first kappa shape index (κ1) is 18.4. The van der Waals surface area contributed by atoms with Crippen molar-refractivity contribution >= 4 is 21.6 Å². The molecule has 2 saturated heterocycles. The summed E-state index contributed by atoms with van der Waals surface area (Å²) in [6.45, 7) is 6.82. The van der Waals surface area contributed by atoms with Crippen LogP contribution in [0.3, 0.4) is 0 Å². The van der Waals surface area contributed by atoms with E-state index in [1.54, 1.807) is 0 Å². The lowest BCUT2D eigenvalue weighted by molar-refractivity contribution is 0.210. The van der Waals surface area contributed by atoms with Crippen molar-refractivity contribution in [3.8, 4) is 0 Å². The van der Waals surface area contributed by atoms with E-state index in [4.69, 9.17) is 0 Å². The fourth-order valence-corrected chi connectivity index (χ4v) is 5.11. The van der Waals surface area contributed by atoms with Gasteiger partial charge in [-0.25, -0.2) is 13.4 Å². The zero-order chi connectivity index (χ0) is 18.0. The van der Waals surface area contributed by atoms with Crippen molar-refractivity contribution in [1.82, 2.24) is 14.9 Å². The van der Waals surface area contributed by atoms with Gasteiger partial charge in [0.15, 0.2) is 0 Å². The molecular weight excluding hydrogens is 338 g/mol. The molecule has 0 amide bonds. The lowest BCUT2D eigenvalue weighted by atomic mass is 10.0.